The van der Waals surface area contributed by atoms with E-state index in [0.29, 0.717) is 55.9 Å². The fourth-order valence-electron chi connectivity index (χ4n) is 2.29. The molecule has 152 valence electrons. The molecule has 1 aromatic rings. The highest BCUT2D eigenvalue weighted by atomic mass is 19.3. The number of methoxy groups -OCH3 is 1. The summed E-state index contributed by atoms with van der Waals surface area (Å²) in [7, 11) is 1.61. The highest BCUT2D eigenvalue weighted by Gasteiger charge is 2.20. The molecular formula is C17H25F2N3O5. The maximum Gasteiger partial charge on any atom is 0.387 e. The molecule has 0 saturated heterocycles. The van der Waals surface area contributed by atoms with Gasteiger partial charge in [0.05, 0.1) is 26.4 Å². The van der Waals surface area contributed by atoms with Crippen LogP contribution in [0.2, 0.25) is 0 Å². The van der Waals surface area contributed by atoms with Crippen molar-refractivity contribution in [3.05, 3.63) is 17.7 Å². The molecule has 0 aromatic heterocycles. The quantitative estimate of drug-likeness (QED) is 0.339. The van der Waals surface area contributed by atoms with Crippen molar-refractivity contribution in [2.45, 2.75) is 20.1 Å². The van der Waals surface area contributed by atoms with E-state index in [-0.39, 0.29) is 19.1 Å². The molecule has 0 radical (unpaired) electrons. The molecule has 0 fully saturated rings. The van der Waals surface area contributed by atoms with Crippen LogP contribution in [-0.4, -0.2) is 59.4 Å². The summed E-state index contributed by atoms with van der Waals surface area (Å²) in [6, 6.07) is 2.99. The topological polar surface area (TPSA) is 82.6 Å². The monoisotopic (exact) mass is 389 g/mol. The number of hydrogen-bond donors (Lipinski definition) is 2. The minimum atomic E-state index is -2.94. The van der Waals surface area contributed by atoms with Gasteiger partial charge in [-0.05, 0) is 13.0 Å². The summed E-state index contributed by atoms with van der Waals surface area (Å²) in [5.41, 5.74) is 0.466. The number of ether oxygens (including phenoxy) is 5. The summed E-state index contributed by atoms with van der Waals surface area (Å²) in [5, 5.41) is 6.19. The molecule has 1 aliphatic heterocycles. The average molecular weight is 389 g/mol. The number of hydrogen-bond acceptors (Lipinski definition) is 6. The van der Waals surface area contributed by atoms with E-state index in [1.807, 2.05) is 6.92 Å². The number of guanidine groups is 1. The van der Waals surface area contributed by atoms with Crippen molar-refractivity contribution in [3.8, 4) is 17.2 Å². The Morgan fingerprint density at radius 3 is 2.67 bits per heavy atom. The standard InChI is InChI=1S/C17H25F2N3O5/c1-3-20-17(21-4-5-24-7-6-23-2)22-10-12-8-14-15(26-11-25-14)9-13(12)27-16(18)19/h8-9,16H,3-7,10-11H2,1-2H3,(H2,20,21,22). The Kier molecular flexibility index (Phi) is 8.85. The van der Waals surface area contributed by atoms with Crippen LogP contribution in [0.1, 0.15) is 12.5 Å². The van der Waals surface area contributed by atoms with E-state index in [1.54, 1.807) is 13.2 Å². The SMILES string of the molecule is CCNC(=NCc1cc2c(cc1OC(F)F)OCO2)NCCOCCOC. The van der Waals surface area contributed by atoms with E-state index in [4.69, 9.17) is 18.9 Å². The minimum absolute atomic E-state index is 0.0109. The van der Waals surface area contributed by atoms with Crippen molar-refractivity contribution in [2.24, 2.45) is 4.99 Å². The van der Waals surface area contributed by atoms with Gasteiger partial charge >= 0.3 is 6.61 Å². The Morgan fingerprint density at radius 2 is 1.96 bits per heavy atom. The first-order chi connectivity index (χ1) is 13.1. The summed E-state index contributed by atoms with van der Waals surface area (Å²) in [4.78, 5) is 4.40. The molecule has 0 saturated carbocycles. The smallest absolute Gasteiger partial charge is 0.387 e. The lowest BCUT2D eigenvalue weighted by atomic mass is 10.1. The molecular weight excluding hydrogens is 364 g/mol. The number of aliphatic imine (C=N–C) groups is 1. The lowest BCUT2D eigenvalue weighted by Gasteiger charge is -2.13. The highest BCUT2D eigenvalue weighted by Crippen LogP contribution is 2.38. The van der Waals surface area contributed by atoms with Crippen LogP contribution in [0, 0.1) is 0 Å². The molecule has 0 amide bonds. The van der Waals surface area contributed by atoms with E-state index in [0.717, 1.165) is 0 Å². The van der Waals surface area contributed by atoms with Gasteiger partial charge in [-0.15, -0.1) is 0 Å². The van der Waals surface area contributed by atoms with Crippen LogP contribution in [0.4, 0.5) is 8.78 Å². The van der Waals surface area contributed by atoms with Crippen LogP contribution >= 0.6 is 0 Å². The van der Waals surface area contributed by atoms with Crippen LogP contribution in [0.15, 0.2) is 17.1 Å². The van der Waals surface area contributed by atoms with Gasteiger partial charge in [-0.25, -0.2) is 4.99 Å². The van der Waals surface area contributed by atoms with E-state index in [9.17, 15) is 8.78 Å². The zero-order valence-corrected chi connectivity index (χ0v) is 15.4. The summed E-state index contributed by atoms with van der Waals surface area (Å²) in [6.45, 7) is 1.87. The third kappa shape index (κ3) is 7.06. The number of rotatable bonds is 11. The molecule has 0 aliphatic carbocycles. The van der Waals surface area contributed by atoms with Gasteiger partial charge in [-0.1, -0.05) is 0 Å². The predicted octanol–water partition coefficient (Wildman–Crippen LogP) is 1.73. The van der Waals surface area contributed by atoms with Gasteiger partial charge in [-0.3, -0.25) is 0 Å². The van der Waals surface area contributed by atoms with Crippen LogP contribution in [0.3, 0.4) is 0 Å². The van der Waals surface area contributed by atoms with Gasteiger partial charge in [0.1, 0.15) is 5.75 Å². The van der Waals surface area contributed by atoms with Crippen molar-refractivity contribution >= 4 is 5.96 Å². The molecule has 0 bridgehead atoms. The van der Waals surface area contributed by atoms with Gasteiger partial charge in [0.25, 0.3) is 0 Å². The molecule has 0 spiro atoms. The van der Waals surface area contributed by atoms with Crippen LogP contribution in [0.25, 0.3) is 0 Å². The van der Waals surface area contributed by atoms with Crippen molar-refractivity contribution in [2.75, 3.05) is 46.8 Å². The van der Waals surface area contributed by atoms with Gasteiger partial charge < -0.3 is 34.3 Å². The lowest BCUT2D eigenvalue weighted by Crippen LogP contribution is -2.39. The van der Waals surface area contributed by atoms with Crippen molar-refractivity contribution in [1.29, 1.82) is 0 Å². The number of nitrogens with one attached hydrogen (secondary N) is 2. The first-order valence-corrected chi connectivity index (χ1v) is 8.60. The molecule has 10 heteroatoms. The Hall–Kier alpha value is -2.33. The van der Waals surface area contributed by atoms with Crippen LogP contribution in [0.5, 0.6) is 17.2 Å². The zero-order valence-electron chi connectivity index (χ0n) is 15.4. The normalized spacial score (nSPS) is 13.1. The zero-order chi connectivity index (χ0) is 19.5. The second-order valence-corrected chi connectivity index (χ2v) is 5.42. The third-order valence-corrected chi connectivity index (χ3v) is 3.49. The highest BCUT2D eigenvalue weighted by molar-refractivity contribution is 5.79. The molecule has 1 aliphatic rings. The molecule has 1 aromatic carbocycles. The maximum atomic E-state index is 12.7. The van der Waals surface area contributed by atoms with Crippen molar-refractivity contribution in [3.63, 3.8) is 0 Å². The van der Waals surface area contributed by atoms with Crippen molar-refractivity contribution < 1.29 is 32.5 Å². The lowest BCUT2D eigenvalue weighted by molar-refractivity contribution is -0.0505. The Morgan fingerprint density at radius 1 is 1.19 bits per heavy atom. The molecule has 0 unspecified atom stereocenters. The Labute approximate surface area is 156 Å². The number of halogens is 2. The minimum Gasteiger partial charge on any atom is -0.454 e. The fourth-order valence-corrected chi connectivity index (χ4v) is 2.29. The van der Waals surface area contributed by atoms with Crippen LogP contribution in [-0.2, 0) is 16.0 Å². The molecule has 27 heavy (non-hydrogen) atoms. The first kappa shape index (κ1) is 21.0. The predicted molar refractivity (Wildman–Crippen MR) is 94.7 cm³/mol. The van der Waals surface area contributed by atoms with Crippen molar-refractivity contribution in [1.82, 2.24) is 10.6 Å². The van der Waals surface area contributed by atoms with Crippen LogP contribution < -0.4 is 24.8 Å². The molecule has 8 nitrogen and oxygen atoms in total. The number of fused-ring (bicyclic) bond motifs is 1. The Bertz CT molecular complexity index is 616. The van der Waals surface area contributed by atoms with E-state index in [2.05, 4.69) is 20.4 Å². The van der Waals surface area contributed by atoms with Gasteiger partial charge in [-0.2, -0.15) is 8.78 Å². The van der Waals surface area contributed by atoms with E-state index in [1.165, 1.54) is 6.07 Å². The molecule has 2 rings (SSSR count). The average Bonchev–Trinajstić information content (AvgIpc) is 3.09. The molecule has 2 N–H and O–H groups in total. The van der Waals surface area contributed by atoms with Gasteiger partial charge in [0.2, 0.25) is 6.79 Å². The summed E-state index contributed by atoms with van der Waals surface area (Å²) in [5.74, 6) is 1.40. The summed E-state index contributed by atoms with van der Waals surface area (Å²) in [6.07, 6.45) is 0. The maximum absolute atomic E-state index is 12.7. The Balaban J connectivity index is 1.99. The second-order valence-electron chi connectivity index (χ2n) is 5.42. The summed E-state index contributed by atoms with van der Waals surface area (Å²) >= 11 is 0. The third-order valence-electron chi connectivity index (χ3n) is 3.49. The molecule has 0 atom stereocenters. The van der Waals surface area contributed by atoms with Gasteiger partial charge in [0.15, 0.2) is 17.5 Å². The number of nitrogens with zero attached hydrogens (tertiary/aromatic N) is 1. The van der Waals surface area contributed by atoms with E-state index >= 15 is 0 Å². The largest absolute Gasteiger partial charge is 0.454 e. The first-order valence-electron chi connectivity index (χ1n) is 8.60. The number of benzene rings is 1. The van der Waals surface area contributed by atoms with Gasteiger partial charge in [0, 0.05) is 31.8 Å². The second kappa shape index (κ2) is 11.4. The number of alkyl halides is 2. The van der Waals surface area contributed by atoms with E-state index < -0.39 is 6.61 Å². The summed E-state index contributed by atoms with van der Waals surface area (Å²) < 4.78 is 50.7. The fraction of sp³-hybridized carbons (Fsp3) is 0.588. The molecule has 1 heterocycles.